The summed E-state index contributed by atoms with van der Waals surface area (Å²) in [5, 5.41) is 2.15. The van der Waals surface area contributed by atoms with Crippen molar-refractivity contribution >= 4 is 11.3 Å². The van der Waals surface area contributed by atoms with Crippen molar-refractivity contribution in [1.29, 1.82) is 0 Å². The number of hydrogen-bond donors (Lipinski definition) is 1. The van der Waals surface area contributed by atoms with Gasteiger partial charge in [-0.3, -0.25) is 0 Å². The molecule has 0 amide bonds. The maximum atomic E-state index is 6.20. The molecule has 3 unspecified atom stereocenters. The van der Waals surface area contributed by atoms with Crippen LogP contribution in [-0.2, 0) is 6.42 Å². The fourth-order valence-electron chi connectivity index (χ4n) is 1.87. The van der Waals surface area contributed by atoms with Gasteiger partial charge >= 0.3 is 0 Å². The van der Waals surface area contributed by atoms with Gasteiger partial charge in [0.15, 0.2) is 0 Å². The Morgan fingerprint density at radius 1 is 1.41 bits per heavy atom. The Bertz CT molecular complexity index is 297. The molecular weight excluding hydrogens is 228 g/mol. The monoisotopic (exact) mass is 254 g/mol. The van der Waals surface area contributed by atoms with Crippen molar-refractivity contribution in [3.63, 3.8) is 0 Å². The van der Waals surface area contributed by atoms with Gasteiger partial charge in [0.25, 0.3) is 0 Å². The molecule has 1 heterocycles. The second-order valence-corrected chi connectivity index (χ2v) is 6.15. The van der Waals surface area contributed by atoms with E-state index in [0.29, 0.717) is 12.0 Å². The lowest BCUT2D eigenvalue weighted by Gasteiger charge is -2.29. The first kappa shape index (κ1) is 14.7. The number of nitrogens with zero attached hydrogens (tertiary/aromatic N) is 1. The maximum absolute atomic E-state index is 6.20. The van der Waals surface area contributed by atoms with E-state index in [4.69, 9.17) is 5.73 Å². The van der Waals surface area contributed by atoms with Gasteiger partial charge in [-0.2, -0.15) is 0 Å². The summed E-state index contributed by atoms with van der Waals surface area (Å²) in [4.78, 5) is 3.85. The fraction of sp³-hybridized carbons (Fsp3) is 0.714. The van der Waals surface area contributed by atoms with Crippen LogP contribution in [0.1, 0.15) is 32.1 Å². The van der Waals surface area contributed by atoms with Gasteiger partial charge in [-0.05, 0) is 37.8 Å². The first-order valence-corrected chi connectivity index (χ1v) is 7.40. The highest BCUT2D eigenvalue weighted by atomic mass is 32.1. The third-order valence-electron chi connectivity index (χ3n) is 3.70. The zero-order valence-electron chi connectivity index (χ0n) is 11.5. The standard InChI is InChI=1S/C14H26N2S/c1-5-11(2)14(15)10-16(4)12(3)9-13-7-6-8-17-13/h6-8,11-12,14H,5,9-10,15H2,1-4H3. The van der Waals surface area contributed by atoms with Gasteiger partial charge in [-0.1, -0.05) is 26.3 Å². The topological polar surface area (TPSA) is 29.3 Å². The van der Waals surface area contributed by atoms with Crippen molar-refractivity contribution in [2.45, 2.75) is 45.7 Å². The minimum absolute atomic E-state index is 0.288. The summed E-state index contributed by atoms with van der Waals surface area (Å²) in [5.74, 6) is 0.603. The summed E-state index contributed by atoms with van der Waals surface area (Å²) in [5.41, 5.74) is 6.20. The molecule has 0 saturated heterocycles. The third-order valence-corrected chi connectivity index (χ3v) is 4.60. The van der Waals surface area contributed by atoms with Crippen molar-refractivity contribution in [2.75, 3.05) is 13.6 Å². The molecule has 0 spiro atoms. The van der Waals surface area contributed by atoms with Crippen molar-refractivity contribution < 1.29 is 0 Å². The van der Waals surface area contributed by atoms with E-state index in [1.54, 1.807) is 0 Å². The molecule has 0 bridgehead atoms. The minimum Gasteiger partial charge on any atom is -0.326 e. The lowest BCUT2D eigenvalue weighted by atomic mass is 9.99. The highest BCUT2D eigenvalue weighted by Crippen LogP contribution is 2.14. The van der Waals surface area contributed by atoms with Gasteiger partial charge in [0, 0.05) is 23.5 Å². The Morgan fingerprint density at radius 3 is 2.65 bits per heavy atom. The fourth-order valence-corrected chi connectivity index (χ4v) is 2.70. The van der Waals surface area contributed by atoms with Crippen LogP contribution in [-0.4, -0.2) is 30.6 Å². The molecule has 1 aromatic heterocycles. The molecule has 0 aliphatic rings. The Kier molecular flexibility index (Phi) is 6.17. The molecule has 0 aliphatic carbocycles. The molecule has 1 rings (SSSR count). The van der Waals surface area contributed by atoms with Crippen LogP contribution in [0.5, 0.6) is 0 Å². The van der Waals surface area contributed by atoms with Crippen molar-refractivity contribution in [1.82, 2.24) is 4.90 Å². The molecule has 0 fully saturated rings. The van der Waals surface area contributed by atoms with Gasteiger partial charge in [0.05, 0.1) is 0 Å². The second-order valence-electron chi connectivity index (χ2n) is 5.12. The molecule has 1 aromatic rings. The molecule has 3 atom stereocenters. The highest BCUT2D eigenvalue weighted by molar-refractivity contribution is 7.09. The first-order chi connectivity index (χ1) is 8.04. The number of hydrogen-bond acceptors (Lipinski definition) is 3. The van der Waals surface area contributed by atoms with Crippen LogP contribution in [0.3, 0.4) is 0 Å². The van der Waals surface area contributed by atoms with Crippen LogP contribution in [0.25, 0.3) is 0 Å². The van der Waals surface area contributed by atoms with Crippen molar-refractivity contribution in [3.8, 4) is 0 Å². The van der Waals surface area contributed by atoms with Crippen LogP contribution in [0.15, 0.2) is 17.5 Å². The van der Waals surface area contributed by atoms with E-state index in [1.165, 1.54) is 4.88 Å². The number of rotatable bonds is 7. The van der Waals surface area contributed by atoms with E-state index in [2.05, 4.69) is 50.2 Å². The molecule has 0 radical (unpaired) electrons. The van der Waals surface area contributed by atoms with Crippen LogP contribution >= 0.6 is 11.3 Å². The summed E-state index contributed by atoms with van der Waals surface area (Å²) in [6, 6.07) is 5.18. The van der Waals surface area contributed by atoms with Crippen LogP contribution in [0.4, 0.5) is 0 Å². The lowest BCUT2D eigenvalue weighted by molar-refractivity contribution is 0.219. The van der Waals surface area contributed by atoms with E-state index in [0.717, 1.165) is 19.4 Å². The molecule has 98 valence electrons. The van der Waals surface area contributed by atoms with E-state index in [1.807, 2.05) is 11.3 Å². The molecule has 2 nitrogen and oxygen atoms in total. The zero-order chi connectivity index (χ0) is 12.8. The highest BCUT2D eigenvalue weighted by Gasteiger charge is 2.17. The van der Waals surface area contributed by atoms with Crippen LogP contribution in [0, 0.1) is 5.92 Å². The van der Waals surface area contributed by atoms with Gasteiger partial charge in [0.1, 0.15) is 0 Å². The van der Waals surface area contributed by atoms with E-state index < -0.39 is 0 Å². The van der Waals surface area contributed by atoms with E-state index in [-0.39, 0.29) is 6.04 Å². The van der Waals surface area contributed by atoms with Crippen molar-refractivity contribution in [3.05, 3.63) is 22.4 Å². The molecule has 2 N–H and O–H groups in total. The van der Waals surface area contributed by atoms with Gasteiger partial charge in [-0.15, -0.1) is 11.3 Å². The summed E-state index contributed by atoms with van der Waals surface area (Å²) in [7, 11) is 2.18. The number of thiophene rings is 1. The third kappa shape index (κ3) is 4.78. The summed E-state index contributed by atoms with van der Waals surface area (Å²) >= 11 is 1.84. The minimum atomic E-state index is 0.288. The molecule has 17 heavy (non-hydrogen) atoms. The van der Waals surface area contributed by atoms with Gasteiger partial charge < -0.3 is 10.6 Å². The average Bonchev–Trinajstić information content (AvgIpc) is 2.80. The normalized spacial score (nSPS) is 17.1. The summed E-state index contributed by atoms with van der Waals surface area (Å²) in [6.45, 7) is 7.71. The first-order valence-electron chi connectivity index (χ1n) is 6.52. The number of nitrogens with two attached hydrogens (primary N) is 1. The van der Waals surface area contributed by atoms with Crippen LogP contribution in [0.2, 0.25) is 0 Å². The molecule has 0 saturated carbocycles. The van der Waals surface area contributed by atoms with Crippen molar-refractivity contribution in [2.24, 2.45) is 11.7 Å². The van der Waals surface area contributed by atoms with Crippen LogP contribution < -0.4 is 5.73 Å². The zero-order valence-corrected chi connectivity index (χ0v) is 12.3. The Hall–Kier alpha value is -0.380. The molecule has 0 aromatic carbocycles. The largest absolute Gasteiger partial charge is 0.326 e. The Morgan fingerprint density at radius 2 is 2.12 bits per heavy atom. The Labute approximate surface area is 110 Å². The van der Waals surface area contributed by atoms with Gasteiger partial charge in [-0.25, -0.2) is 0 Å². The smallest absolute Gasteiger partial charge is 0.0193 e. The van der Waals surface area contributed by atoms with E-state index >= 15 is 0 Å². The predicted molar refractivity (Wildman–Crippen MR) is 77.5 cm³/mol. The second kappa shape index (κ2) is 7.14. The number of likely N-dealkylation sites (N-methyl/N-ethyl adjacent to an activating group) is 1. The Balaban J connectivity index is 2.38. The maximum Gasteiger partial charge on any atom is 0.0193 e. The summed E-state index contributed by atoms with van der Waals surface area (Å²) < 4.78 is 0. The molecular formula is C14H26N2S. The summed E-state index contributed by atoms with van der Waals surface area (Å²) in [6.07, 6.45) is 2.29. The SMILES string of the molecule is CCC(C)C(N)CN(C)C(C)Cc1cccs1. The molecule has 0 aliphatic heterocycles. The van der Waals surface area contributed by atoms with E-state index in [9.17, 15) is 0 Å². The molecule has 3 heteroatoms. The quantitative estimate of drug-likeness (QED) is 0.810. The average molecular weight is 254 g/mol. The lowest BCUT2D eigenvalue weighted by Crippen LogP contribution is -2.43. The van der Waals surface area contributed by atoms with Gasteiger partial charge in [0.2, 0.25) is 0 Å². The predicted octanol–water partition coefficient (Wildman–Crippen LogP) is 2.98.